The van der Waals surface area contributed by atoms with Gasteiger partial charge in [-0.15, -0.1) is 11.3 Å². The first-order valence-electron chi connectivity index (χ1n) is 9.86. The number of urea groups is 1. The summed E-state index contributed by atoms with van der Waals surface area (Å²) in [5.41, 5.74) is 1.65. The lowest BCUT2D eigenvalue weighted by Gasteiger charge is -2.26. The lowest BCUT2D eigenvalue weighted by molar-refractivity contribution is -0.139. The van der Waals surface area contributed by atoms with Crippen molar-refractivity contribution >= 4 is 33.6 Å². The van der Waals surface area contributed by atoms with Crippen LogP contribution >= 0.6 is 11.3 Å². The molecule has 4 rings (SSSR count). The minimum absolute atomic E-state index is 0.0503. The van der Waals surface area contributed by atoms with Crippen LogP contribution < -0.4 is 16.2 Å². The number of fused-ring (bicyclic) bond motifs is 3. The molecule has 0 bridgehead atoms. The smallest absolute Gasteiger partial charge is 0.337 e. The van der Waals surface area contributed by atoms with E-state index in [2.05, 4.69) is 22.5 Å². The van der Waals surface area contributed by atoms with E-state index >= 15 is 0 Å². The number of amides is 2. The van der Waals surface area contributed by atoms with Gasteiger partial charge in [0.15, 0.2) is 0 Å². The van der Waals surface area contributed by atoms with E-state index in [1.165, 1.54) is 15.8 Å². The van der Waals surface area contributed by atoms with E-state index in [0.29, 0.717) is 22.6 Å². The van der Waals surface area contributed by atoms with E-state index in [0.717, 1.165) is 29.7 Å². The number of carbonyl (C=O) groups is 2. The Balaban J connectivity index is 1.77. The fourth-order valence-corrected chi connectivity index (χ4v) is 5.39. The highest BCUT2D eigenvalue weighted by atomic mass is 32.1. The highest BCUT2D eigenvalue weighted by molar-refractivity contribution is 7.18. The molecule has 0 saturated carbocycles. The maximum Gasteiger partial charge on any atom is 0.337 e. The van der Waals surface area contributed by atoms with E-state index in [-0.39, 0.29) is 18.7 Å². The van der Waals surface area contributed by atoms with Gasteiger partial charge >= 0.3 is 12.0 Å². The molecule has 2 aromatic heterocycles. The van der Waals surface area contributed by atoms with Crippen molar-refractivity contribution in [2.75, 3.05) is 6.61 Å². The van der Waals surface area contributed by atoms with Gasteiger partial charge in [0.2, 0.25) is 0 Å². The molecule has 2 aromatic rings. The number of aromatic nitrogens is 2. The van der Waals surface area contributed by atoms with Crippen LogP contribution in [0.2, 0.25) is 0 Å². The van der Waals surface area contributed by atoms with Gasteiger partial charge in [0.1, 0.15) is 4.83 Å². The molecule has 2 aliphatic rings. The molecular formula is C20H24N4O4S. The Morgan fingerprint density at radius 2 is 2.17 bits per heavy atom. The zero-order chi connectivity index (χ0) is 20.7. The molecule has 1 aliphatic heterocycles. The third kappa shape index (κ3) is 3.55. The van der Waals surface area contributed by atoms with Crippen molar-refractivity contribution < 1.29 is 14.3 Å². The van der Waals surface area contributed by atoms with Crippen LogP contribution in [0.1, 0.15) is 37.6 Å². The summed E-state index contributed by atoms with van der Waals surface area (Å²) >= 11 is 1.59. The van der Waals surface area contributed by atoms with Crippen LogP contribution in [0.25, 0.3) is 10.2 Å². The van der Waals surface area contributed by atoms with Gasteiger partial charge in [-0.2, -0.15) is 0 Å². The molecule has 9 heteroatoms. The minimum Gasteiger partial charge on any atom is -0.463 e. The first-order valence-corrected chi connectivity index (χ1v) is 10.7. The summed E-state index contributed by atoms with van der Waals surface area (Å²) < 4.78 is 6.60. The molecule has 0 aromatic carbocycles. The standard InChI is InChI=1S/C20H24N4O4S/c1-4-28-19(26)15-11(3)22-20(27)23-13(15)8-24-9-21-17-16(18(24)25)12-6-5-10(2)7-14(12)29-17/h9-11H,4-8H2,1-3H3,(H2,22,23,27)/t10-,11+/m0/s1. The number of nitrogens with zero attached hydrogens (tertiary/aromatic N) is 2. The molecule has 2 amide bonds. The quantitative estimate of drug-likeness (QED) is 0.743. The van der Waals surface area contributed by atoms with Crippen LogP contribution in [0.15, 0.2) is 22.4 Å². The molecular weight excluding hydrogens is 392 g/mol. The highest BCUT2D eigenvalue weighted by Crippen LogP contribution is 2.35. The van der Waals surface area contributed by atoms with Crippen molar-refractivity contribution in [3.8, 4) is 0 Å². The largest absolute Gasteiger partial charge is 0.463 e. The van der Waals surface area contributed by atoms with Crippen LogP contribution in [0, 0.1) is 5.92 Å². The first kappa shape index (κ1) is 19.6. The average Bonchev–Trinajstić information content (AvgIpc) is 3.01. The summed E-state index contributed by atoms with van der Waals surface area (Å²) in [4.78, 5) is 44.1. The Kier molecular flexibility index (Phi) is 5.16. The second-order valence-electron chi connectivity index (χ2n) is 7.64. The Labute approximate surface area is 172 Å². The maximum absolute atomic E-state index is 13.2. The second-order valence-corrected chi connectivity index (χ2v) is 8.73. The number of allylic oxidation sites excluding steroid dienone is 1. The highest BCUT2D eigenvalue weighted by Gasteiger charge is 2.30. The summed E-state index contributed by atoms with van der Waals surface area (Å²) in [7, 11) is 0. The van der Waals surface area contributed by atoms with Crippen molar-refractivity contribution in [1.82, 2.24) is 20.2 Å². The van der Waals surface area contributed by atoms with E-state index in [4.69, 9.17) is 4.74 Å². The number of nitrogens with one attached hydrogen (secondary N) is 2. The Bertz CT molecular complexity index is 1080. The molecule has 154 valence electrons. The van der Waals surface area contributed by atoms with E-state index < -0.39 is 18.0 Å². The topological polar surface area (TPSA) is 102 Å². The van der Waals surface area contributed by atoms with Crippen molar-refractivity contribution in [1.29, 1.82) is 0 Å². The van der Waals surface area contributed by atoms with Gasteiger partial charge in [-0.05, 0) is 44.6 Å². The molecule has 0 unspecified atom stereocenters. The number of hydrogen-bond donors (Lipinski definition) is 2. The second kappa shape index (κ2) is 7.62. The fourth-order valence-electron chi connectivity index (χ4n) is 4.05. The van der Waals surface area contributed by atoms with Gasteiger partial charge in [0.05, 0.1) is 42.2 Å². The summed E-state index contributed by atoms with van der Waals surface area (Å²) in [5.74, 6) is 0.105. The van der Waals surface area contributed by atoms with E-state index in [9.17, 15) is 14.4 Å². The van der Waals surface area contributed by atoms with Crippen molar-refractivity contribution in [2.45, 2.75) is 52.6 Å². The molecule has 2 N–H and O–H groups in total. The van der Waals surface area contributed by atoms with Crippen molar-refractivity contribution in [2.24, 2.45) is 5.92 Å². The van der Waals surface area contributed by atoms with Gasteiger partial charge in [-0.1, -0.05) is 6.92 Å². The summed E-state index contributed by atoms with van der Waals surface area (Å²) in [5, 5.41) is 6.00. The maximum atomic E-state index is 13.2. The van der Waals surface area contributed by atoms with Crippen LogP contribution in [0.5, 0.6) is 0 Å². The van der Waals surface area contributed by atoms with Crippen LogP contribution in [-0.4, -0.2) is 34.2 Å². The summed E-state index contributed by atoms with van der Waals surface area (Å²) in [6, 6.07) is -0.926. The Morgan fingerprint density at radius 1 is 1.38 bits per heavy atom. The SMILES string of the molecule is CCOC(=O)C1=C(Cn2cnc3sc4c(c3c2=O)CC[C@H](C)C4)NC(=O)N[C@@H]1C. The third-order valence-electron chi connectivity index (χ3n) is 5.48. The average molecular weight is 417 g/mol. The van der Waals surface area contributed by atoms with E-state index in [1.807, 2.05) is 0 Å². The number of aryl methyl sites for hydroxylation is 1. The molecule has 0 saturated heterocycles. The molecule has 1 aliphatic carbocycles. The molecule has 0 spiro atoms. The third-order valence-corrected chi connectivity index (χ3v) is 6.64. The Hall–Kier alpha value is -2.68. The minimum atomic E-state index is -0.513. The van der Waals surface area contributed by atoms with Crippen LogP contribution in [0.3, 0.4) is 0 Å². The van der Waals surface area contributed by atoms with Crippen LogP contribution in [-0.2, 0) is 28.9 Å². The summed E-state index contributed by atoms with van der Waals surface area (Å²) in [6.45, 7) is 5.94. The lowest BCUT2D eigenvalue weighted by Crippen LogP contribution is -2.50. The monoisotopic (exact) mass is 416 g/mol. The van der Waals surface area contributed by atoms with Gasteiger partial charge < -0.3 is 15.4 Å². The first-order chi connectivity index (χ1) is 13.9. The predicted molar refractivity (Wildman–Crippen MR) is 110 cm³/mol. The summed E-state index contributed by atoms with van der Waals surface area (Å²) in [6.07, 6.45) is 4.41. The lowest BCUT2D eigenvalue weighted by atomic mass is 9.89. The van der Waals surface area contributed by atoms with Crippen LogP contribution in [0.4, 0.5) is 4.79 Å². The predicted octanol–water partition coefficient (Wildman–Crippen LogP) is 2.10. The zero-order valence-electron chi connectivity index (χ0n) is 16.7. The molecule has 2 atom stereocenters. The number of esters is 1. The number of rotatable bonds is 4. The number of thiophene rings is 1. The zero-order valence-corrected chi connectivity index (χ0v) is 17.5. The number of ether oxygens (including phenoxy) is 1. The van der Waals surface area contributed by atoms with Gasteiger partial charge in [0.25, 0.3) is 5.56 Å². The number of hydrogen-bond acceptors (Lipinski definition) is 6. The van der Waals surface area contributed by atoms with E-state index in [1.54, 1.807) is 25.2 Å². The van der Waals surface area contributed by atoms with Gasteiger partial charge in [-0.3, -0.25) is 9.36 Å². The molecule has 3 heterocycles. The van der Waals surface area contributed by atoms with Gasteiger partial charge in [-0.25, -0.2) is 14.6 Å². The normalized spacial score (nSPS) is 21.6. The molecule has 29 heavy (non-hydrogen) atoms. The van der Waals surface area contributed by atoms with Crippen molar-refractivity contribution in [3.05, 3.63) is 38.4 Å². The molecule has 8 nitrogen and oxygen atoms in total. The Morgan fingerprint density at radius 3 is 2.93 bits per heavy atom. The van der Waals surface area contributed by atoms with Gasteiger partial charge in [0, 0.05) is 4.88 Å². The molecule has 0 radical (unpaired) electrons. The fraction of sp³-hybridized carbons (Fsp3) is 0.500. The van der Waals surface area contributed by atoms with Crippen molar-refractivity contribution in [3.63, 3.8) is 0 Å². The molecule has 0 fully saturated rings. The number of carbonyl (C=O) groups excluding carboxylic acids is 2.